The molecule has 0 spiro atoms. The number of anilines is 1. The van der Waals surface area contributed by atoms with E-state index in [2.05, 4.69) is 43.4 Å². The molecule has 0 heterocycles. The molecule has 2 heteroatoms. The van der Waals surface area contributed by atoms with Crippen molar-refractivity contribution >= 4 is 17.3 Å². The molecule has 0 saturated carbocycles. The summed E-state index contributed by atoms with van der Waals surface area (Å²) in [7, 11) is 0. The molecule has 2 rings (SSSR count). The van der Waals surface area contributed by atoms with Gasteiger partial charge in [-0.2, -0.15) is 0 Å². The molecule has 2 aromatic rings. The Morgan fingerprint density at radius 1 is 1.06 bits per heavy atom. The molecule has 1 nitrogen and oxygen atoms in total. The SMILES string of the molecule is Cc1ccc(NCc2cccc(C)c2C)c(Cl)c1. The van der Waals surface area contributed by atoms with Crippen molar-refractivity contribution in [2.75, 3.05) is 5.32 Å². The van der Waals surface area contributed by atoms with E-state index in [9.17, 15) is 0 Å². The Morgan fingerprint density at radius 3 is 2.56 bits per heavy atom. The third kappa shape index (κ3) is 2.85. The summed E-state index contributed by atoms with van der Waals surface area (Å²) in [5.74, 6) is 0. The zero-order valence-electron chi connectivity index (χ0n) is 11.0. The van der Waals surface area contributed by atoms with Crippen LogP contribution >= 0.6 is 11.6 Å². The van der Waals surface area contributed by atoms with Crippen LogP contribution in [0.1, 0.15) is 22.3 Å². The van der Waals surface area contributed by atoms with Crippen LogP contribution in [-0.4, -0.2) is 0 Å². The number of halogens is 1. The Bertz CT molecular complexity index is 561. The maximum atomic E-state index is 6.20. The van der Waals surface area contributed by atoms with Crippen LogP contribution in [0.3, 0.4) is 0 Å². The van der Waals surface area contributed by atoms with Crippen molar-refractivity contribution in [3.8, 4) is 0 Å². The molecule has 0 aliphatic carbocycles. The molecule has 2 aromatic carbocycles. The lowest BCUT2D eigenvalue weighted by Gasteiger charge is -2.12. The van der Waals surface area contributed by atoms with E-state index >= 15 is 0 Å². The molecular formula is C16H18ClN. The van der Waals surface area contributed by atoms with Gasteiger partial charge in [-0.1, -0.05) is 35.9 Å². The van der Waals surface area contributed by atoms with Gasteiger partial charge in [-0.25, -0.2) is 0 Å². The van der Waals surface area contributed by atoms with Crippen LogP contribution in [0.25, 0.3) is 0 Å². The summed E-state index contributed by atoms with van der Waals surface area (Å²) >= 11 is 6.20. The third-order valence-electron chi connectivity index (χ3n) is 3.31. The van der Waals surface area contributed by atoms with Gasteiger partial charge in [-0.15, -0.1) is 0 Å². The van der Waals surface area contributed by atoms with Gasteiger partial charge in [0.05, 0.1) is 10.7 Å². The molecule has 0 amide bonds. The lowest BCUT2D eigenvalue weighted by Crippen LogP contribution is -2.02. The van der Waals surface area contributed by atoms with E-state index in [0.717, 1.165) is 17.3 Å². The average molecular weight is 260 g/mol. The summed E-state index contributed by atoms with van der Waals surface area (Å²) in [4.78, 5) is 0. The second-order valence-corrected chi connectivity index (χ2v) is 5.10. The van der Waals surface area contributed by atoms with Crippen molar-refractivity contribution in [2.24, 2.45) is 0 Å². The summed E-state index contributed by atoms with van der Waals surface area (Å²) in [6.07, 6.45) is 0. The van der Waals surface area contributed by atoms with Crippen LogP contribution in [0.5, 0.6) is 0 Å². The topological polar surface area (TPSA) is 12.0 Å². The van der Waals surface area contributed by atoms with Gasteiger partial charge in [0, 0.05) is 6.54 Å². The Hall–Kier alpha value is -1.47. The van der Waals surface area contributed by atoms with Gasteiger partial charge >= 0.3 is 0 Å². The van der Waals surface area contributed by atoms with E-state index in [1.165, 1.54) is 22.3 Å². The number of aryl methyl sites for hydroxylation is 2. The van der Waals surface area contributed by atoms with Gasteiger partial charge in [0.15, 0.2) is 0 Å². The number of nitrogens with one attached hydrogen (secondary N) is 1. The van der Waals surface area contributed by atoms with E-state index in [-0.39, 0.29) is 0 Å². The van der Waals surface area contributed by atoms with Crippen molar-refractivity contribution in [1.82, 2.24) is 0 Å². The predicted molar refractivity (Wildman–Crippen MR) is 79.4 cm³/mol. The van der Waals surface area contributed by atoms with Crippen molar-refractivity contribution < 1.29 is 0 Å². The molecule has 1 N–H and O–H groups in total. The van der Waals surface area contributed by atoms with Gasteiger partial charge in [-0.3, -0.25) is 0 Å². The van der Waals surface area contributed by atoms with Crippen molar-refractivity contribution in [1.29, 1.82) is 0 Å². The summed E-state index contributed by atoms with van der Waals surface area (Å²) in [6.45, 7) is 7.14. The minimum Gasteiger partial charge on any atom is -0.380 e. The normalized spacial score (nSPS) is 10.4. The minimum atomic E-state index is 0.778. The Labute approximate surface area is 114 Å². The van der Waals surface area contributed by atoms with Gasteiger partial charge in [0.25, 0.3) is 0 Å². The molecule has 18 heavy (non-hydrogen) atoms. The Kier molecular flexibility index (Phi) is 3.93. The summed E-state index contributed by atoms with van der Waals surface area (Å²) < 4.78 is 0. The third-order valence-corrected chi connectivity index (χ3v) is 3.62. The molecule has 0 aliphatic heterocycles. The van der Waals surface area contributed by atoms with Crippen LogP contribution in [-0.2, 0) is 6.54 Å². The van der Waals surface area contributed by atoms with Crippen LogP contribution < -0.4 is 5.32 Å². The second kappa shape index (κ2) is 5.45. The highest BCUT2D eigenvalue weighted by atomic mass is 35.5. The summed E-state index contributed by atoms with van der Waals surface area (Å²) in [6, 6.07) is 12.5. The molecule has 0 bridgehead atoms. The average Bonchev–Trinajstić information content (AvgIpc) is 2.33. The molecule has 0 radical (unpaired) electrons. The van der Waals surface area contributed by atoms with E-state index in [4.69, 9.17) is 11.6 Å². The van der Waals surface area contributed by atoms with Gasteiger partial charge in [0.2, 0.25) is 0 Å². The molecule has 0 aliphatic rings. The van der Waals surface area contributed by atoms with E-state index in [0.29, 0.717) is 0 Å². The summed E-state index contributed by atoms with van der Waals surface area (Å²) in [5, 5.41) is 4.17. The highest BCUT2D eigenvalue weighted by molar-refractivity contribution is 6.33. The fraction of sp³-hybridized carbons (Fsp3) is 0.250. The van der Waals surface area contributed by atoms with Crippen molar-refractivity contribution in [2.45, 2.75) is 27.3 Å². The van der Waals surface area contributed by atoms with Crippen LogP contribution in [0.15, 0.2) is 36.4 Å². The largest absolute Gasteiger partial charge is 0.380 e. The van der Waals surface area contributed by atoms with Crippen LogP contribution in [0.2, 0.25) is 5.02 Å². The lowest BCUT2D eigenvalue weighted by molar-refractivity contribution is 1.10. The van der Waals surface area contributed by atoms with Crippen molar-refractivity contribution in [3.05, 3.63) is 63.7 Å². The van der Waals surface area contributed by atoms with Gasteiger partial charge < -0.3 is 5.32 Å². The molecule has 0 unspecified atom stereocenters. The minimum absolute atomic E-state index is 0.778. The number of hydrogen-bond acceptors (Lipinski definition) is 1. The van der Waals surface area contributed by atoms with E-state index < -0.39 is 0 Å². The van der Waals surface area contributed by atoms with Gasteiger partial charge in [0.1, 0.15) is 0 Å². The maximum Gasteiger partial charge on any atom is 0.0640 e. The van der Waals surface area contributed by atoms with Crippen LogP contribution in [0.4, 0.5) is 5.69 Å². The highest BCUT2D eigenvalue weighted by Gasteiger charge is 2.03. The molecule has 0 aromatic heterocycles. The zero-order valence-corrected chi connectivity index (χ0v) is 11.8. The zero-order chi connectivity index (χ0) is 13.1. The molecule has 0 fully saturated rings. The van der Waals surface area contributed by atoms with E-state index in [1.54, 1.807) is 0 Å². The second-order valence-electron chi connectivity index (χ2n) is 4.70. The first-order valence-electron chi connectivity index (χ1n) is 6.13. The smallest absolute Gasteiger partial charge is 0.0640 e. The first kappa shape index (κ1) is 13.0. The first-order chi connectivity index (χ1) is 8.58. The maximum absolute atomic E-state index is 6.20. The monoisotopic (exact) mass is 259 g/mol. The number of benzene rings is 2. The number of rotatable bonds is 3. The van der Waals surface area contributed by atoms with E-state index in [1.807, 2.05) is 19.1 Å². The molecular weight excluding hydrogens is 242 g/mol. The Morgan fingerprint density at radius 2 is 1.83 bits per heavy atom. The highest BCUT2D eigenvalue weighted by Crippen LogP contribution is 2.24. The van der Waals surface area contributed by atoms with Gasteiger partial charge in [-0.05, 0) is 55.2 Å². The predicted octanol–water partition coefficient (Wildman–Crippen LogP) is 4.88. The fourth-order valence-electron chi connectivity index (χ4n) is 1.96. The summed E-state index contributed by atoms with van der Waals surface area (Å²) in [5.41, 5.74) is 6.14. The first-order valence-corrected chi connectivity index (χ1v) is 6.51. The molecule has 0 saturated heterocycles. The van der Waals surface area contributed by atoms with Crippen molar-refractivity contribution in [3.63, 3.8) is 0 Å². The molecule has 0 atom stereocenters. The number of hydrogen-bond donors (Lipinski definition) is 1. The lowest BCUT2D eigenvalue weighted by atomic mass is 10.0. The van der Waals surface area contributed by atoms with Crippen LogP contribution in [0, 0.1) is 20.8 Å². The standard InChI is InChI=1S/C16H18ClN/c1-11-7-8-16(15(17)9-11)18-10-14-6-4-5-12(2)13(14)3/h4-9,18H,10H2,1-3H3. The molecule has 94 valence electrons. The Balaban J connectivity index is 2.14. The quantitative estimate of drug-likeness (QED) is 0.829. The fourth-order valence-corrected chi connectivity index (χ4v) is 2.26.